The van der Waals surface area contributed by atoms with E-state index in [1.807, 2.05) is 0 Å². The summed E-state index contributed by atoms with van der Waals surface area (Å²) in [4.78, 5) is 15.1. The molecule has 14 heavy (non-hydrogen) atoms. The zero-order valence-electron chi connectivity index (χ0n) is 7.68. The van der Waals surface area contributed by atoms with E-state index in [0.29, 0.717) is 9.88 Å². The van der Waals surface area contributed by atoms with Gasteiger partial charge in [-0.1, -0.05) is 0 Å². The second-order valence-corrected chi connectivity index (χ2v) is 5.94. The van der Waals surface area contributed by atoms with Gasteiger partial charge in [0.2, 0.25) is 0 Å². The van der Waals surface area contributed by atoms with E-state index in [4.69, 9.17) is 0 Å². The molecule has 0 aliphatic carbocycles. The molecule has 1 aromatic rings. The standard InChI is InChI=1S/C7H9NO4S2/c1-12-7(9)5-3-8-6(13-5)4-14(2,10)11/h3H,4H2,1-2H3. The summed E-state index contributed by atoms with van der Waals surface area (Å²) >= 11 is 1.03. The summed E-state index contributed by atoms with van der Waals surface area (Å²) < 4.78 is 26.3. The SMILES string of the molecule is COC(=O)c1cnc(CS(C)(=O)=O)s1. The number of rotatable bonds is 3. The normalized spacial score (nSPS) is 11.3. The molecule has 78 valence electrons. The number of thiazole rings is 1. The van der Waals surface area contributed by atoms with Crippen LogP contribution in [0.3, 0.4) is 0 Å². The summed E-state index contributed by atoms with van der Waals surface area (Å²) in [5.41, 5.74) is 0. The fourth-order valence-corrected chi connectivity index (χ4v) is 2.83. The lowest BCUT2D eigenvalue weighted by molar-refractivity contribution is 0.0606. The van der Waals surface area contributed by atoms with Gasteiger partial charge in [-0.15, -0.1) is 11.3 Å². The van der Waals surface area contributed by atoms with Crippen LogP contribution < -0.4 is 0 Å². The van der Waals surface area contributed by atoms with Crippen LogP contribution in [0.15, 0.2) is 6.20 Å². The van der Waals surface area contributed by atoms with E-state index < -0.39 is 15.8 Å². The van der Waals surface area contributed by atoms with Crippen LogP contribution in [0.5, 0.6) is 0 Å². The van der Waals surface area contributed by atoms with Crippen LogP contribution in [0.2, 0.25) is 0 Å². The molecule has 0 saturated heterocycles. The Bertz CT molecular complexity index is 434. The maximum atomic E-state index is 11.0. The molecule has 0 unspecified atom stereocenters. The van der Waals surface area contributed by atoms with Gasteiger partial charge < -0.3 is 4.74 Å². The summed E-state index contributed by atoms with van der Waals surface area (Å²) in [7, 11) is -1.84. The minimum atomic E-state index is -3.10. The average molecular weight is 235 g/mol. The number of carbonyl (C=O) groups excluding carboxylic acids is 1. The number of hydrogen-bond donors (Lipinski definition) is 0. The summed E-state index contributed by atoms with van der Waals surface area (Å²) in [5, 5.41) is 0.396. The second kappa shape index (κ2) is 4.05. The Balaban J connectivity index is 2.84. The number of aromatic nitrogens is 1. The number of ether oxygens (including phenoxy) is 1. The quantitative estimate of drug-likeness (QED) is 0.712. The highest BCUT2D eigenvalue weighted by Crippen LogP contribution is 2.15. The first-order chi connectivity index (χ1) is 6.42. The van der Waals surface area contributed by atoms with Gasteiger partial charge in [0.05, 0.1) is 13.3 Å². The minimum absolute atomic E-state index is 0.144. The van der Waals surface area contributed by atoms with E-state index >= 15 is 0 Å². The van der Waals surface area contributed by atoms with Crippen LogP contribution in [0.1, 0.15) is 14.7 Å². The monoisotopic (exact) mass is 235 g/mol. The third kappa shape index (κ3) is 3.08. The topological polar surface area (TPSA) is 73.3 Å². The third-order valence-electron chi connectivity index (χ3n) is 1.33. The molecular formula is C7H9NO4S2. The van der Waals surface area contributed by atoms with Gasteiger partial charge >= 0.3 is 5.97 Å². The Hall–Kier alpha value is -0.950. The highest BCUT2D eigenvalue weighted by molar-refractivity contribution is 7.90. The van der Waals surface area contributed by atoms with E-state index in [1.54, 1.807) is 0 Å². The summed E-state index contributed by atoms with van der Waals surface area (Å²) in [6, 6.07) is 0. The molecule has 1 rings (SSSR count). The van der Waals surface area contributed by atoms with E-state index in [-0.39, 0.29) is 5.75 Å². The van der Waals surface area contributed by atoms with Gasteiger partial charge in [-0.25, -0.2) is 18.2 Å². The lowest BCUT2D eigenvalue weighted by Crippen LogP contribution is -1.99. The van der Waals surface area contributed by atoms with E-state index in [0.717, 1.165) is 17.6 Å². The fraction of sp³-hybridized carbons (Fsp3) is 0.429. The molecule has 0 bridgehead atoms. The molecule has 0 radical (unpaired) electrons. The van der Waals surface area contributed by atoms with Crippen molar-refractivity contribution in [3.63, 3.8) is 0 Å². The molecule has 0 aliphatic heterocycles. The number of esters is 1. The van der Waals surface area contributed by atoms with Crippen LogP contribution in [0.25, 0.3) is 0 Å². The first-order valence-corrected chi connectivity index (χ1v) is 6.51. The smallest absolute Gasteiger partial charge is 0.349 e. The molecule has 1 aromatic heterocycles. The molecule has 0 amide bonds. The van der Waals surface area contributed by atoms with Gasteiger partial charge in [-0.2, -0.15) is 0 Å². The van der Waals surface area contributed by atoms with Crippen LogP contribution in [-0.2, 0) is 20.3 Å². The molecule has 0 aliphatic rings. The lowest BCUT2D eigenvalue weighted by Gasteiger charge is -1.92. The van der Waals surface area contributed by atoms with Crippen molar-refractivity contribution >= 4 is 27.1 Å². The third-order valence-corrected chi connectivity index (χ3v) is 3.28. The highest BCUT2D eigenvalue weighted by atomic mass is 32.2. The first kappa shape index (κ1) is 11.1. The number of sulfone groups is 1. The molecular weight excluding hydrogens is 226 g/mol. The van der Waals surface area contributed by atoms with Crippen molar-refractivity contribution in [1.29, 1.82) is 0 Å². The van der Waals surface area contributed by atoms with Gasteiger partial charge in [-0.3, -0.25) is 0 Å². The fourth-order valence-electron chi connectivity index (χ4n) is 0.796. The van der Waals surface area contributed by atoms with Gasteiger partial charge in [0.1, 0.15) is 15.6 Å². The molecule has 1 heterocycles. The van der Waals surface area contributed by atoms with Gasteiger partial charge in [-0.05, 0) is 0 Å². The Morgan fingerprint density at radius 2 is 2.29 bits per heavy atom. The number of nitrogens with zero attached hydrogens (tertiary/aromatic N) is 1. The van der Waals surface area contributed by atoms with Crippen molar-refractivity contribution < 1.29 is 17.9 Å². The zero-order valence-corrected chi connectivity index (χ0v) is 9.31. The predicted molar refractivity (Wildman–Crippen MR) is 52.0 cm³/mol. The van der Waals surface area contributed by atoms with Crippen molar-refractivity contribution in [2.75, 3.05) is 13.4 Å². The highest BCUT2D eigenvalue weighted by Gasteiger charge is 2.13. The van der Waals surface area contributed by atoms with Gasteiger partial charge in [0.15, 0.2) is 9.84 Å². The summed E-state index contributed by atoms with van der Waals surface area (Å²) in [6.45, 7) is 0. The molecule has 0 N–H and O–H groups in total. The van der Waals surface area contributed by atoms with E-state index in [9.17, 15) is 13.2 Å². The van der Waals surface area contributed by atoms with Crippen molar-refractivity contribution in [3.8, 4) is 0 Å². The molecule has 0 spiro atoms. The Morgan fingerprint density at radius 3 is 2.79 bits per heavy atom. The predicted octanol–water partition coefficient (Wildman–Crippen LogP) is 0.474. The lowest BCUT2D eigenvalue weighted by atomic mass is 10.6. The van der Waals surface area contributed by atoms with Crippen LogP contribution >= 0.6 is 11.3 Å². The van der Waals surface area contributed by atoms with Crippen LogP contribution in [0.4, 0.5) is 0 Å². The Kier molecular flexibility index (Phi) is 3.22. The molecule has 7 heteroatoms. The maximum absolute atomic E-state index is 11.0. The zero-order chi connectivity index (χ0) is 10.8. The molecule has 0 atom stereocenters. The molecule has 0 aromatic carbocycles. The maximum Gasteiger partial charge on any atom is 0.349 e. The molecule has 5 nitrogen and oxygen atoms in total. The largest absolute Gasteiger partial charge is 0.465 e. The first-order valence-electron chi connectivity index (χ1n) is 3.63. The number of methoxy groups -OCH3 is 1. The van der Waals surface area contributed by atoms with Crippen molar-refractivity contribution in [3.05, 3.63) is 16.1 Å². The second-order valence-electron chi connectivity index (χ2n) is 2.68. The van der Waals surface area contributed by atoms with Crippen molar-refractivity contribution in [1.82, 2.24) is 4.98 Å². The minimum Gasteiger partial charge on any atom is -0.465 e. The molecule has 0 fully saturated rings. The van der Waals surface area contributed by atoms with Crippen molar-refractivity contribution in [2.45, 2.75) is 5.75 Å². The number of hydrogen-bond acceptors (Lipinski definition) is 6. The van der Waals surface area contributed by atoms with Gasteiger partial charge in [0, 0.05) is 6.26 Å². The average Bonchev–Trinajstić information content (AvgIpc) is 2.48. The van der Waals surface area contributed by atoms with E-state index in [1.165, 1.54) is 13.3 Å². The molecule has 0 saturated carbocycles. The van der Waals surface area contributed by atoms with Crippen LogP contribution in [-0.4, -0.2) is 32.7 Å². The summed E-state index contributed by atoms with van der Waals surface area (Å²) in [5.74, 6) is -0.642. The summed E-state index contributed by atoms with van der Waals surface area (Å²) in [6.07, 6.45) is 2.43. The van der Waals surface area contributed by atoms with Gasteiger partial charge in [0.25, 0.3) is 0 Å². The Morgan fingerprint density at radius 1 is 1.64 bits per heavy atom. The number of carbonyl (C=O) groups is 1. The Labute approximate surface area is 85.7 Å². The van der Waals surface area contributed by atoms with Crippen molar-refractivity contribution in [2.24, 2.45) is 0 Å². The van der Waals surface area contributed by atoms with Crippen LogP contribution in [0, 0.1) is 0 Å². The van der Waals surface area contributed by atoms with E-state index in [2.05, 4.69) is 9.72 Å².